The highest BCUT2D eigenvalue weighted by atomic mass is 16.5. The zero-order valence-electron chi connectivity index (χ0n) is 14.6. The summed E-state index contributed by atoms with van der Waals surface area (Å²) >= 11 is 0. The number of hydrogen-bond donors (Lipinski definition) is 1. The molecule has 0 aromatic carbocycles. The fourth-order valence-corrected chi connectivity index (χ4v) is 3.62. The first-order valence-electron chi connectivity index (χ1n) is 8.87. The van der Waals surface area contributed by atoms with Crippen molar-refractivity contribution in [3.05, 3.63) is 30.1 Å². The Morgan fingerprint density at radius 3 is 2.52 bits per heavy atom. The van der Waals surface area contributed by atoms with Gasteiger partial charge in [-0.3, -0.25) is 14.6 Å². The van der Waals surface area contributed by atoms with Gasteiger partial charge in [-0.05, 0) is 31.4 Å². The van der Waals surface area contributed by atoms with E-state index in [0.29, 0.717) is 44.7 Å². The number of nitrogens with two attached hydrogens (primary N) is 1. The highest BCUT2D eigenvalue weighted by molar-refractivity contribution is 5.92. The van der Waals surface area contributed by atoms with Crippen LogP contribution in [0.15, 0.2) is 24.4 Å². The molecule has 3 rings (SSSR count). The maximum absolute atomic E-state index is 12.8. The Kier molecular flexibility index (Phi) is 5.65. The van der Waals surface area contributed by atoms with Gasteiger partial charge in [-0.2, -0.15) is 0 Å². The molecule has 0 radical (unpaired) electrons. The number of rotatable bonds is 3. The van der Waals surface area contributed by atoms with Crippen LogP contribution in [0.25, 0.3) is 0 Å². The van der Waals surface area contributed by atoms with Crippen LogP contribution in [-0.4, -0.2) is 72.0 Å². The Morgan fingerprint density at radius 1 is 1.16 bits per heavy atom. The van der Waals surface area contributed by atoms with Gasteiger partial charge in [-0.1, -0.05) is 6.07 Å². The highest BCUT2D eigenvalue weighted by Crippen LogP contribution is 2.23. The molecule has 0 aliphatic carbocycles. The second kappa shape index (κ2) is 7.93. The predicted octanol–water partition coefficient (Wildman–Crippen LogP) is 0.508. The molecular formula is C18H26N4O3. The lowest BCUT2D eigenvalue weighted by atomic mass is 9.93. The van der Waals surface area contributed by atoms with E-state index in [1.54, 1.807) is 30.3 Å². The van der Waals surface area contributed by atoms with Gasteiger partial charge in [0.15, 0.2) is 0 Å². The number of amides is 2. The smallest absolute Gasteiger partial charge is 0.272 e. The summed E-state index contributed by atoms with van der Waals surface area (Å²) < 4.78 is 5.39. The molecule has 2 aliphatic heterocycles. The Balaban J connectivity index is 1.53. The number of nitrogens with zero attached hydrogens (tertiary/aromatic N) is 3. The Labute approximate surface area is 148 Å². The third kappa shape index (κ3) is 3.99. The maximum atomic E-state index is 12.8. The normalized spacial score (nSPS) is 25.0. The minimum Gasteiger partial charge on any atom is -0.378 e. The van der Waals surface area contributed by atoms with Gasteiger partial charge in [0.1, 0.15) is 5.69 Å². The van der Waals surface area contributed by atoms with Crippen molar-refractivity contribution in [2.24, 2.45) is 11.7 Å². The lowest BCUT2D eigenvalue weighted by Gasteiger charge is -2.39. The molecule has 7 heteroatoms. The second-order valence-corrected chi connectivity index (χ2v) is 6.79. The van der Waals surface area contributed by atoms with Gasteiger partial charge in [-0.25, -0.2) is 0 Å². The standard InChI is InChI=1S/C18H26N4O3/c1-25-16-12-22(11-7-14(16)19)17(23)13-5-9-21(10-6-13)18(24)15-4-2-3-8-20-15/h2-4,8,13-14,16H,5-7,9-12,19H2,1H3/t14-,16+/m0/s1. The van der Waals surface area contributed by atoms with E-state index in [4.69, 9.17) is 10.5 Å². The Hall–Kier alpha value is -1.99. The van der Waals surface area contributed by atoms with Crippen LogP contribution in [-0.2, 0) is 9.53 Å². The molecule has 3 heterocycles. The van der Waals surface area contributed by atoms with Gasteiger partial charge >= 0.3 is 0 Å². The molecule has 2 atom stereocenters. The number of carbonyl (C=O) groups excluding carboxylic acids is 2. The number of methoxy groups -OCH3 is 1. The summed E-state index contributed by atoms with van der Waals surface area (Å²) in [5, 5.41) is 0. The molecule has 1 aromatic heterocycles. The van der Waals surface area contributed by atoms with Crippen molar-refractivity contribution in [2.75, 3.05) is 33.3 Å². The van der Waals surface area contributed by atoms with Crippen LogP contribution < -0.4 is 5.73 Å². The SMILES string of the molecule is CO[C@@H]1CN(C(=O)C2CCN(C(=O)c3ccccn3)CC2)CC[C@@H]1N. The average molecular weight is 346 g/mol. The number of pyridine rings is 1. The first kappa shape index (κ1) is 17.8. The van der Waals surface area contributed by atoms with E-state index in [1.165, 1.54) is 0 Å². The lowest BCUT2D eigenvalue weighted by Crippen LogP contribution is -2.55. The molecule has 0 saturated carbocycles. The molecule has 2 N–H and O–H groups in total. The van der Waals surface area contributed by atoms with E-state index in [9.17, 15) is 9.59 Å². The average Bonchev–Trinajstić information content (AvgIpc) is 2.68. The van der Waals surface area contributed by atoms with E-state index < -0.39 is 0 Å². The number of hydrogen-bond acceptors (Lipinski definition) is 5. The molecule has 2 amide bonds. The van der Waals surface area contributed by atoms with Crippen LogP contribution in [0, 0.1) is 5.92 Å². The molecule has 136 valence electrons. The van der Waals surface area contributed by atoms with Gasteiger partial charge in [0.2, 0.25) is 5.91 Å². The van der Waals surface area contributed by atoms with Crippen molar-refractivity contribution in [1.29, 1.82) is 0 Å². The summed E-state index contributed by atoms with van der Waals surface area (Å²) in [6.45, 7) is 2.43. The zero-order valence-corrected chi connectivity index (χ0v) is 14.6. The van der Waals surface area contributed by atoms with Gasteiger partial charge in [0.25, 0.3) is 5.91 Å². The third-order valence-corrected chi connectivity index (χ3v) is 5.24. The minimum atomic E-state index is -0.0940. The van der Waals surface area contributed by atoms with Crippen molar-refractivity contribution in [1.82, 2.24) is 14.8 Å². The molecule has 2 saturated heterocycles. The van der Waals surface area contributed by atoms with Crippen molar-refractivity contribution in [3.8, 4) is 0 Å². The van der Waals surface area contributed by atoms with Crippen LogP contribution in [0.4, 0.5) is 0 Å². The van der Waals surface area contributed by atoms with E-state index in [-0.39, 0.29) is 29.9 Å². The van der Waals surface area contributed by atoms with E-state index >= 15 is 0 Å². The largest absolute Gasteiger partial charge is 0.378 e. The second-order valence-electron chi connectivity index (χ2n) is 6.79. The van der Waals surface area contributed by atoms with E-state index in [0.717, 1.165) is 6.42 Å². The number of carbonyl (C=O) groups is 2. The number of likely N-dealkylation sites (tertiary alicyclic amines) is 2. The lowest BCUT2D eigenvalue weighted by molar-refractivity contribution is -0.141. The fraction of sp³-hybridized carbons (Fsp3) is 0.611. The Morgan fingerprint density at radius 2 is 1.88 bits per heavy atom. The first-order valence-corrected chi connectivity index (χ1v) is 8.87. The summed E-state index contributed by atoms with van der Waals surface area (Å²) in [5.74, 6) is 0.0772. The van der Waals surface area contributed by atoms with Crippen LogP contribution in [0.5, 0.6) is 0 Å². The van der Waals surface area contributed by atoms with Crippen LogP contribution in [0.2, 0.25) is 0 Å². The summed E-state index contributed by atoms with van der Waals surface area (Å²) in [4.78, 5) is 33.0. The Bertz CT molecular complexity index is 602. The van der Waals surface area contributed by atoms with Crippen LogP contribution in [0.1, 0.15) is 29.8 Å². The molecule has 2 aliphatic rings. The molecule has 25 heavy (non-hydrogen) atoms. The molecule has 0 unspecified atom stereocenters. The van der Waals surface area contributed by atoms with Crippen LogP contribution in [0.3, 0.4) is 0 Å². The summed E-state index contributed by atoms with van der Waals surface area (Å²) in [6.07, 6.45) is 3.68. The van der Waals surface area contributed by atoms with Gasteiger partial charge in [0.05, 0.1) is 6.10 Å². The van der Waals surface area contributed by atoms with Crippen molar-refractivity contribution in [2.45, 2.75) is 31.4 Å². The topological polar surface area (TPSA) is 88.8 Å². The maximum Gasteiger partial charge on any atom is 0.272 e. The minimum absolute atomic E-state index is 0.00751. The zero-order chi connectivity index (χ0) is 17.8. The monoisotopic (exact) mass is 346 g/mol. The van der Waals surface area contributed by atoms with Crippen molar-refractivity contribution in [3.63, 3.8) is 0 Å². The quantitative estimate of drug-likeness (QED) is 0.861. The van der Waals surface area contributed by atoms with Crippen molar-refractivity contribution < 1.29 is 14.3 Å². The summed E-state index contributed by atoms with van der Waals surface area (Å²) in [5.41, 5.74) is 6.48. The highest BCUT2D eigenvalue weighted by Gasteiger charge is 2.34. The molecule has 7 nitrogen and oxygen atoms in total. The van der Waals surface area contributed by atoms with E-state index in [1.807, 2.05) is 11.0 Å². The first-order chi connectivity index (χ1) is 12.1. The number of piperidine rings is 2. The predicted molar refractivity (Wildman–Crippen MR) is 92.8 cm³/mol. The molecular weight excluding hydrogens is 320 g/mol. The van der Waals surface area contributed by atoms with Crippen molar-refractivity contribution >= 4 is 11.8 Å². The molecule has 0 spiro atoms. The fourth-order valence-electron chi connectivity index (χ4n) is 3.62. The number of ether oxygens (including phenoxy) is 1. The van der Waals surface area contributed by atoms with Gasteiger partial charge in [-0.15, -0.1) is 0 Å². The van der Waals surface area contributed by atoms with Gasteiger partial charge in [0, 0.05) is 51.4 Å². The van der Waals surface area contributed by atoms with Crippen LogP contribution >= 0.6 is 0 Å². The van der Waals surface area contributed by atoms with E-state index in [2.05, 4.69) is 4.98 Å². The molecule has 2 fully saturated rings. The summed E-state index contributed by atoms with van der Waals surface area (Å²) in [7, 11) is 1.64. The third-order valence-electron chi connectivity index (χ3n) is 5.24. The molecule has 1 aromatic rings. The summed E-state index contributed by atoms with van der Waals surface area (Å²) in [6, 6.07) is 5.32. The molecule has 0 bridgehead atoms. The number of aromatic nitrogens is 1. The van der Waals surface area contributed by atoms with Gasteiger partial charge < -0.3 is 20.3 Å².